The number of ether oxygens (including phenoxy) is 1. The molecule has 0 bridgehead atoms. The molecule has 0 aromatic heterocycles. The van der Waals surface area contributed by atoms with Crippen LogP contribution in [0.5, 0.6) is 0 Å². The Hall–Kier alpha value is -3.54. The van der Waals surface area contributed by atoms with Gasteiger partial charge in [0.2, 0.25) is 0 Å². The summed E-state index contributed by atoms with van der Waals surface area (Å²) in [5.41, 5.74) is -0.950. The molecule has 0 saturated carbocycles. The monoisotopic (exact) mass is 423 g/mol. The summed E-state index contributed by atoms with van der Waals surface area (Å²) in [6.07, 6.45) is 0. The number of benzene rings is 2. The summed E-state index contributed by atoms with van der Waals surface area (Å²) in [5.74, 6) is -0.916. The predicted octanol–water partition coefficient (Wildman–Crippen LogP) is 2.57. The highest BCUT2D eigenvalue weighted by molar-refractivity contribution is 7.93. The van der Waals surface area contributed by atoms with Crippen LogP contribution in [0.15, 0.2) is 47.4 Å². The van der Waals surface area contributed by atoms with Crippen LogP contribution in [0.4, 0.5) is 17.1 Å². The van der Waals surface area contributed by atoms with Gasteiger partial charge in [0, 0.05) is 18.2 Å². The number of esters is 1. The maximum Gasteiger partial charge on any atom is 0.326 e. The number of nitro benzene ring substituents is 2. The molecule has 0 amide bonds. The average Bonchev–Trinajstić information content (AvgIpc) is 2.66. The van der Waals surface area contributed by atoms with Gasteiger partial charge in [-0.2, -0.15) is 0 Å². The molecule has 2 rings (SSSR count). The van der Waals surface area contributed by atoms with Crippen molar-refractivity contribution >= 4 is 33.1 Å². The smallest absolute Gasteiger partial charge is 0.326 e. The van der Waals surface area contributed by atoms with Gasteiger partial charge in [0.25, 0.3) is 21.4 Å². The Balaban J connectivity index is 2.72. The number of hydrogen-bond acceptors (Lipinski definition) is 8. The Bertz CT molecular complexity index is 1070. The van der Waals surface area contributed by atoms with Gasteiger partial charge in [-0.15, -0.1) is 0 Å². The number of anilines is 1. The van der Waals surface area contributed by atoms with Gasteiger partial charge in [-0.05, 0) is 25.5 Å². The Morgan fingerprint density at radius 3 is 2.34 bits per heavy atom. The molecule has 0 unspecified atom stereocenters. The summed E-state index contributed by atoms with van der Waals surface area (Å²) in [6.45, 7) is 2.18. The molecule has 12 heteroatoms. The first-order chi connectivity index (χ1) is 13.6. The normalized spacial score (nSPS) is 11.0. The fourth-order valence-electron chi connectivity index (χ4n) is 2.55. The van der Waals surface area contributed by atoms with Crippen molar-refractivity contribution in [3.8, 4) is 0 Å². The second-order valence-electron chi connectivity index (χ2n) is 5.77. The van der Waals surface area contributed by atoms with Crippen LogP contribution >= 0.6 is 0 Å². The highest BCUT2D eigenvalue weighted by atomic mass is 32.2. The van der Waals surface area contributed by atoms with E-state index in [1.54, 1.807) is 0 Å². The molecule has 0 aliphatic heterocycles. The van der Waals surface area contributed by atoms with Crippen molar-refractivity contribution in [3.63, 3.8) is 0 Å². The Morgan fingerprint density at radius 2 is 1.76 bits per heavy atom. The van der Waals surface area contributed by atoms with E-state index in [9.17, 15) is 33.4 Å². The molecule has 0 spiro atoms. The van der Waals surface area contributed by atoms with Gasteiger partial charge in [-0.3, -0.25) is 29.3 Å². The number of para-hydroxylation sites is 1. The minimum atomic E-state index is -4.64. The largest absolute Gasteiger partial charge is 0.465 e. The van der Waals surface area contributed by atoms with Crippen molar-refractivity contribution in [3.05, 3.63) is 68.3 Å². The maximum atomic E-state index is 13.3. The van der Waals surface area contributed by atoms with E-state index in [2.05, 4.69) is 0 Å². The Kier molecular flexibility index (Phi) is 6.49. The third-order valence-electron chi connectivity index (χ3n) is 3.88. The first kappa shape index (κ1) is 21.8. The van der Waals surface area contributed by atoms with Crippen molar-refractivity contribution in [2.24, 2.45) is 0 Å². The number of aryl methyl sites for hydroxylation is 1. The summed E-state index contributed by atoms with van der Waals surface area (Å²) in [7, 11) is -4.64. The second-order valence-corrected chi connectivity index (χ2v) is 7.60. The van der Waals surface area contributed by atoms with Crippen LogP contribution in [-0.2, 0) is 19.6 Å². The topological polar surface area (TPSA) is 150 Å². The predicted molar refractivity (Wildman–Crippen MR) is 102 cm³/mol. The number of hydrogen-bond donors (Lipinski definition) is 0. The van der Waals surface area contributed by atoms with E-state index >= 15 is 0 Å². The highest BCUT2D eigenvalue weighted by Gasteiger charge is 2.34. The molecule has 0 atom stereocenters. The van der Waals surface area contributed by atoms with Gasteiger partial charge in [0.05, 0.1) is 22.1 Å². The first-order valence-corrected chi connectivity index (χ1v) is 9.70. The molecule has 0 heterocycles. The van der Waals surface area contributed by atoms with Gasteiger partial charge < -0.3 is 4.74 Å². The molecule has 2 aromatic carbocycles. The molecular formula is C17H17N3O8S. The molecule has 0 saturated heterocycles. The molecule has 0 radical (unpaired) electrons. The standard InChI is InChI=1S/C17H17N3O8S/c1-3-28-17(21)11-18(15-10-13(19(22)23)9-8-12(15)2)29(26,27)16-7-5-4-6-14(16)20(24)25/h4-10H,3,11H2,1-2H3. The van der Waals surface area contributed by atoms with Gasteiger partial charge in [-0.25, -0.2) is 8.42 Å². The SMILES string of the molecule is CCOC(=O)CN(c1cc([N+](=O)[O-])ccc1C)S(=O)(=O)c1ccccc1[N+](=O)[O-]. The minimum absolute atomic E-state index is 0.0217. The van der Waals surface area contributed by atoms with E-state index in [4.69, 9.17) is 4.74 Å². The van der Waals surface area contributed by atoms with Crippen molar-refractivity contribution in [2.75, 3.05) is 17.5 Å². The number of non-ortho nitro benzene ring substituents is 1. The van der Waals surface area contributed by atoms with Crippen LogP contribution in [0.1, 0.15) is 12.5 Å². The lowest BCUT2D eigenvalue weighted by Gasteiger charge is -2.24. The van der Waals surface area contributed by atoms with E-state index in [-0.39, 0.29) is 12.3 Å². The van der Waals surface area contributed by atoms with Crippen LogP contribution < -0.4 is 4.31 Å². The summed E-state index contributed by atoms with van der Waals surface area (Å²) in [6, 6.07) is 8.11. The van der Waals surface area contributed by atoms with Gasteiger partial charge in [-0.1, -0.05) is 18.2 Å². The fraction of sp³-hybridized carbons (Fsp3) is 0.235. The zero-order chi connectivity index (χ0) is 21.8. The van der Waals surface area contributed by atoms with Gasteiger partial charge in [0.15, 0.2) is 4.90 Å². The molecule has 0 fully saturated rings. The Morgan fingerprint density at radius 1 is 1.10 bits per heavy atom. The second kappa shape index (κ2) is 8.65. The van der Waals surface area contributed by atoms with Gasteiger partial charge in [0.1, 0.15) is 6.54 Å². The molecule has 0 aliphatic carbocycles. The molecule has 0 aliphatic rings. The number of rotatable bonds is 8. The molecule has 0 N–H and O–H groups in total. The lowest BCUT2D eigenvalue weighted by atomic mass is 10.2. The summed E-state index contributed by atoms with van der Waals surface area (Å²) < 4.78 is 31.9. The molecule has 11 nitrogen and oxygen atoms in total. The molecule has 29 heavy (non-hydrogen) atoms. The zero-order valence-electron chi connectivity index (χ0n) is 15.5. The minimum Gasteiger partial charge on any atom is -0.465 e. The van der Waals surface area contributed by atoms with Gasteiger partial charge >= 0.3 is 5.97 Å². The summed E-state index contributed by atoms with van der Waals surface area (Å²) in [4.78, 5) is 32.3. The van der Waals surface area contributed by atoms with Crippen LogP contribution in [0.3, 0.4) is 0 Å². The van der Waals surface area contributed by atoms with Crippen molar-refractivity contribution in [1.82, 2.24) is 0 Å². The van der Waals surface area contributed by atoms with Crippen LogP contribution in [0.25, 0.3) is 0 Å². The first-order valence-electron chi connectivity index (χ1n) is 8.26. The number of nitrogens with zero attached hydrogens (tertiary/aromatic N) is 3. The zero-order valence-corrected chi connectivity index (χ0v) is 16.3. The number of carbonyl (C=O) groups is 1. The van der Waals surface area contributed by atoms with E-state index in [0.29, 0.717) is 9.87 Å². The van der Waals surface area contributed by atoms with E-state index in [0.717, 1.165) is 18.2 Å². The van der Waals surface area contributed by atoms with E-state index < -0.39 is 48.7 Å². The summed E-state index contributed by atoms with van der Waals surface area (Å²) in [5, 5.41) is 22.4. The van der Waals surface area contributed by atoms with E-state index in [1.807, 2.05) is 0 Å². The quantitative estimate of drug-likeness (QED) is 0.357. The number of nitro groups is 2. The fourth-order valence-corrected chi connectivity index (χ4v) is 4.17. The van der Waals surface area contributed by atoms with Crippen molar-refractivity contribution in [2.45, 2.75) is 18.7 Å². The van der Waals surface area contributed by atoms with Crippen LogP contribution in [-0.4, -0.2) is 37.4 Å². The molecule has 154 valence electrons. The van der Waals surface area contributed by atoms with E-state index in [1.165, 1.54) is 38.1 Å². The molecular weight excluding hydrogens is 406 g/mol. The maximum absolute atomic E-state index is 13.3. The Labute approximate surface area is 165 Å². The summed E-state index contributed by atoms with van der Waals surface area (Å²) >= 11 is 0. The van der Waals surface area contributed by atoms with Crippen LogP contribution in [0, 0.1) is 27.2 Å². The number of carbonyl (C=O) groups excluding carboxylic acids is 1. The average molecular weight is 423 g/mol. The lowest BCUT2D eigenvalue weighted by molar-refractivity contribution is -0.387. The molecule has 2 aromatic rings. The third kappa shape index (κ3) is 4.66. The number of sulfonamides is 1. The van der Waals surface area contributed by atoms with Crippen molar-refractivity contribution in [1.29, 1.82) is 0 Å². The van der Waals surface area contributed by atoms with Crippen LogP contribution in [0.2, 0.25) is 0 Å². The highest BCUT2D eigenvalue weighted by Crippen LogP contribution is 2.33. The third-order valence-corrected chi connectivity index (χ3v) is 5.69. The lowest BCUT2D eigenvalue weighted by Crippen LogP contribution is -2.37. The van der Waals surface area contributed by atoms with Crippen molar-refractivity contribution < 1.29 is 27.8 Å².